The fraction of sp³-hybridized carbons (Fsp3) is 0. The average molecular weight is 281 g/mol. The third kappa shape index (κ3) is 4.21. The fourth-order valence-electron chi connectivity index (χ4n) is 1.69. The highest BCUT2D eigenvalue weighted by Crippen LogP contribution is 2.09. The predicted octanol–water partition coefficient (Wildman–Crippen LogP) is 2.38. The van der Waals surface area contributed by atoms with Crippen LogP contribution in [0.15, 0.2) is 60.8 Å². The number of hydrogen-bond donors (Lipinski definition) is 3. The van der Waals surface area contributed by atoms with Gasteiger partial charge >= 0.3 is 6.03 Å². The number of para-hydroxylation sites is 1. The predicted molar refractivity (Wildman–Crippen MR) is 82.3 cm³/mol. The van der Waals surface area contributed by atoms with Crippen LogP contribution in [-0.2, 0) is 0 Å². The Morgan fingerprint density at radius 3 is 2.33 bits per heavy atom. The van der Waals surface area contributed by atoms with E-state index in [0.29, 0.717) is 5.69 Å². The summed E-state index contributed by atoms with van der Waals surface area (Å²) in [6.45, 7) is 0. The van der Waals surface area contributed by atoms with E-state index in [0.717, 1.165) is 5.56 Å². The van der Waals surface area contributed by atoms with Crippen molar-refractivity contribution in [1.29, 1.82) is 0 Å². The lowest BCUT2D eigenvalue weighted by Gasteiger charge is -2.05. The number of carbonyl (C=O) groups is 2. The number of rotatable bonds is 3. The molecule has 0 unspecified atom stereocenters. The van der Waals surface area contributed by atoms with Gasteiger partial charge in [0, 0.05) is 11.9 Å². The van der Waals surface area contributed by atoms with Crippen LogP contribution in [-0.4, -0.2) is 11.9 Å². The molecule has 0 aliphatic rings. The van der Waals surface area contributed by atoms with Crippen LogP contribution in [0, 0.1) is 0 Å². The number of nitrogens with one attached hydrogen (secondary N) is 2. The molecular formula is C16H15N3O2. The Hall–Kier alpha value is -3.08. The maximum Gasteiger partial charge on any atom is 0.325 e. The van der Waals surface area contributed by atoms with Gasteiger partial charge in [-0.15, -0.1) is 0 Å². The maximum atomic E-state index is 11.8. The number of benzene rings is 2. The molecule has 0 aromatic heterocycles. The first-order valence-electron chi connectivity index (χ1n) is 6.35. The van der Waals surface area contributed by atoms with Crippen LogP contribution in [0.5, 0.6) is 0 Å². The molecule has 4 N–H and O–H groups in total. The molecule has 0 saturated carbocycles. The molecule has 5 heteroatoms. The summed E-state index contributed by atoms with van der Waals surface area (Å²) in [4.78, 5) is 23.4. The number of hydrogen-bond acceptors (Lipinski definition) is 3. The molecule has 0 aliphatic carbocycles. The summed E-state index contributed by atoms with van der Waals surface area (Å²) in [5, 5.41) is 4.66. The summed E-state index contributed by atoms with van der Waals surface area (Å²) in [6.07, 6.45) is 3.19. The molecule has 2 rings (SSSR count). The Morgan fingerprint density at radius 2 is 1.62 bits per heavy atom. The second kappa shape index (κ2) is 6.91. The van der Waals surface area contributed by atoms with Crippen molar-refractivity contribution >= 4 is 23.7 Å². The number of urea groups is 1. The molecule has 0 fully saturated rings. The van der Waals surface area contributed by atoms with Crippen molar-refractivity contribution in [2.75, 3.05) is 5.73 Å². The van der Waals surface area contributed by atoms with Crippen molar-refractivity contribution in [3.05, 3.63) is 71.9 Å². The molecule has 3 amide bonds. The van der Waals surface area contributed by atoms with Gasteiger partial charge in [0.2, 0.25) is 0 Å². The molecule has 0 heterocycles. The molecule has 0 spiro atoms. The van der Waals surface area contributed by atoms with E-state index in [1.165, 1.54) is 6.20 Å². The van der Waals surface area contributed by atoms with Gasteiger partial charge in [0.1, 0.15) is 0 Å². The van der Waals surface area contributed by atoms with E-state index in [9.17, 15) is 9.59 Å². The lowest BCUT2D eigenvalue weighted by atomic mass is 10.2. The third-order valence-electron chi connectivity index (χ3n) is 2.72. The molecular weight excluding hydrogens is 266 g/mol. The monoisotopic (exact) mass is 281 g/mol. The number of carbonyl (C=O) groups excluding carboxylic acids is 2. The minimum atomic E-state index is -0.615. The Kier molecular flexibility index (Phi) is 4.71. The Labute approximate surface area is 122 Å². The number of nitrogens with two attached hydrogens (primary N) is 1. The van der Waals surface area contributed by atoms with Crippen molar-refractivity contribution in [1.82, 2.24) is 10.6 Å². The summed E-state index contributed by atoms with van der Waals surface area (Å²) in [7, 11) is 0. The van der Waals surface area contributed by atoms with Crippen LogP contribution >= 0.6 is 0 Å². The normalized spacial score (nSPS) is 10.3. The Morgan fingerprint density at radius 1 is 0.952 bits per heavy atom. The fourth-order valence-corrected chi connectivity index (χ4v) is 1.69. The summed E-state index contributed by atoms with van der Waals surface area (Å²) in [5.41, 5.74) is 7.19. The smallest absolute Gasteiger partial charge is 0.325 e. The van der Waals surface area contributed by atoms with Crippen LogP contribution < -0.4 is 16.4 Å². The first kappa shape index (κ1) is 14.3. The molecule has 0 atom stereocenters. The first-order chi connectivity index (χ1) is 10.2. The van der Waals surface area contributed by atoms with E-state index < -0.39 is 11.9 Å². The standard InChI is InChI=1S/C16H15N3O2/c17-14-9-5-4-8-13(14)15(20)19-16(21)18-11-10-12-6-2-1-3-7-12/h1-11H,17H2,(H2,18,19,20,21)/b11-10+. The highest BCUT2D eigenvalue weighted by Gasteiger charge is 2.11. The molecule has 2 aromatic rings. The maximum absolute atomic E-state index is 11.8. The Bertz CT molecular complexity index is 666. The van der Waals surface area contributed by atoms with E-state index in [2.05, 4.69) is 10.6 Å². The molecule has 0 radical (unpaired) electrons. The van der Waals surface area contributed by atoms with E-state index in [1.54, 1.807) is 30.3 Å². The Balaban J connectivity index is 1.89. The molecule has 0 saturated heterocycles. The third-order valence-corrected chi connectivity index (χ3v) is 2.72. The van der Waals surface area contributed by atoms with Gasteiger partial charge in [-0.05, 0) is 23.8 Å². The topological polar surface area (TPSA) is 84.2 Å². The summed E-state index contributed by atoms with van der Waals surface area (Å²) < 4.78 is 0. The molecule has 5 nitrogen and oxygen atoms in total. The van der Waals surface area contributed by atoms with E-state index in [-0.39, 0.29) is 5.56 Å². The van der Waals surface area contributed by atoms with Crippen LogP contribution in [0.4, 0.5) is 10.5 Å². The van der Waals surface area contributed by atoms with Gasteiger partial charge in [0.05, 0.1) is 5.56 Å². The van der Waals surface area contributed by atoms with Crippen molar-refractivity contribution in [3.63, 3.8) is 0 Å². The van der Waals surface area contributed by atoms with Gasteiger partial charge in [0.15, 0.2) is 0 Å². The van der Waals surface area contributed by atoms with E-state index >= 15 is 0 Å². The van der Waals surface area contributed by atoms with Crippen LogP contribution in [0.25, 0.3) is 6.08 Å². The van der Waals surface area contributed by atoms with Gasteiger partial charge in [-0.1, -0.05) is 42.5 Å². The van der Waals surface area contributed by atoms with E-state index in [1.807, 2.05) is 30.3 Å². The minimum absolute atomic E-state index is 0.264. The van der Waals surface area contributed by atoms with E-state index in [4.69, 9.17) is 5.73 Å². The summed E-state index contributed by atoms with van der Waals surface area (Å²) >= 11 is 0. The van der Waals surface area contributed by atoms with Gasteiger partial charge in [-0.2, -0.15) is 0 Å². The summed E-state index contributed by atoms with van der Waals surface area (Å²) in [6, 6.07) is 15.4. The number of anilines is 1. The lowest BCUT2D eigenvalue weighted by molar-refractivity contribution is 0.0965. The van der Waals surface area contributed by atoms with Crippen molar-refractivity contribution < 1.29 is 9.59 Å². The molecule has 106 valence electrons. The zero-order chi connectivity index (χ0) is 15.1. The zero-order valence-electron chi connectivity index (χ0n) is 11.2. The SMILES string of the molecule is Nc1ccccc1C(=O)NC(=O)N/C=C/c1ccccc1. The van der Waals surface area contributed by atoms with Crippen molar-refractivity contribution in [2.45, 2.75) is 0 Å². The number of imide groups is 1. The van der Waals surface area contributed by atoms with Crippen LogP contribution in [0.3, 0.4) is 0 Å². The van der Waals surface area contributed by atoms with Gasteiger partial charge in [-0.3, -0.25) is 10.1 Å². The second-order valence-electron chi connectivity index (χ2n) is 4.26. The minimum Gasteiger partial charge on any atom is -0.398 e. The number of amides is 3. The zero-order valence-corrected chi connectivity index (χ0v) is 11.2. The lowest BCUT2D eigenvalue weighted by Crippen LogP contribution is -2.37. The highest BCUT2D eigenvalue weighted by molar-refractivity contribution is 6.07. The highest BCUT2D eigenvalue weighted by atomic mass is 16.2. The molecule has 2 aromatic carbocycles. The van der Waals surface area contributed by atoms with Crippen molar-refractivity contribution in [3.8, 4) is 0 Å². The van der Waals surface area contributed by atoms with Crippen molar-refractivity contribution in [2.24, 2.45) is 0 Å². The molecule has 0 bridgehead atoms. The van der Waals surface area contributed by atoms with Crippen LogP contribution in [0.2, 0.25) is 0 Å². The largest absolute Gasteiger partial charge is 0.398 e. The van der Waals surface area contributed by atoms with Crippen LogP contribution in [0.1, 0.15) is 15.9 Å². The second-order valence-corrected chi connectivity index (χ2v) is 4.26. The first-order valence-corrected chi connectivity index (χ1v) is 6.35. The van der Waals surface area contributed by atoms with Gasteiger partial charge in [0.25, 0.3) is 5.91 Å². The van der Waals surface area contributed by atoms with Gasteiger partial charge in [-0.25, -0.2) is 4.79 Å². The molecule has 0 aliphatic heterocycles. The molecule has 21 heavy (non-hydrogen) atoms. The number of nitrogen functional groups attached to an aromatic ring is 1. The average Bonchev–Trinajstić information content (AvgIpc) is 2.48. The quantitative estimate of drug-likeness (QED) is 0.755. The summed E-state index contributed by atoms with van der Waals surface area (Å²) in [5.74, 6) is -0.543. The van der Waals surface area contributed by atoms with Gasteiger partial charge < -0.3 is 11.1 Å².